The van der Waals surface area contributed by atoms with E-state index in [9.17, 15) is 4.21 Å². The first-order chi connectivity index (χ1) is 5.66. The zero-order chi connectivity index (χ0) is 9.14. The highest BCUT2D eigenvalue weighted by Crippen LogP contribution is 2.24. The highest BCUT2D eigenvalue weighted by Gasteiger charge is 2.30. The molecule has 1 fully saturated rings. The summed E-state index contributed by atoms with van der Waals surface area (Å²) in [4.78, 5) is 0. The van der Waals surface area contributed by atoms with Crippen LogP contribution in [0.1, 0.15) is 39.5 Å². The molecule has 0 heterocycles. The Labute approximate surface area is 77.4 Å². The Balaban J connectivity index is 2.51. The van der Waals surface area contributed by atoms with E-state index in [2.05, 4.69) is 13.8 Å². The van der Waals surface area contributed by atoms with Crippen LogP contribution >= 0.6 is 0 Å². The molecule has 4 unspecified atom stereocenters. The van der Waals surface area contributed by atoms with Gasteiger partial charge in [-0.2, -0.15) is 0 Å². The second-order valence-electron chi connectivity index (χ2n) is 3.68. The molecule has 3 heteroatoms. The summed E-state index contributed by atoms with van der Waals surface area (Å²) in [6, 6.07) is 0.194. The van der Waals surface area contributed by atoms with Crippen molar-refractivity contribution in [3.63, 3.8) is 0 Å². The fraction of sp³-hybridized carbons (Fsp3) is 1.00. The van der Waals surface area contributed by atoms with E-state index in [0.29, 0.717) is 5.25 Å². The van der Waals surface area contributed by atoms with E-state index < -0.39 is 10.8 Å². The molecule has 0 amide bonds. The van der Waals surface area contributed by atoms with E-state index >= 15 is 0 Å². The molecule has 0 spiro atoms. The van der Waals surface area contributed by atoms with Gasteiger partial charge < -0.3 is 5.73 Å². The van der Waals surface area contributed by atoms with Gasteiger partial charge in [-0.3, -0.25) is 4.21 Å². The molecule has 1 aliphatic rings. The van der Waals surface area contributed by atoms with Crippen LogP contribution in [0.4, 0.5) is 0 Å². The van der Waals surface area contributed by atoms with Crippen molar-refractivity contribution in [1.82, 2.24) is 0 Å². The number of hydrogen-bond donors (Lipinski definition) is 1. The summed E-state index contributed by atoms with van der Waals surface area (Å²) in [5.41, 5.74) is 5.88. The fourth-order valence-corrected chi connectivity index (χ4v) is 3.51. The van der Waals surface area contributed by atoms with E-state index in [1.54, 1.807) is 0 Å². The minimum atomic E-state index is -0.695. The lowest BCUT2D eigenvalue weighted by Gasteiger charge is -2.18. The normalized spacial score (nSPS) is 34.9. The molecule has 1 aliphatic carbocycles. The minimum Gasteiger partial charge on any atom is -0.327 e. The summed E-state index contributed by atoms with van der Waals surface area (Å²) in [6.45, 7) is 4.14. The predicted molar refractivity (Wildman–Crippen MR) is 53.5 cm³/mol. The number of nitrogens with two attached hydrogens (primary N) is 1. The van der Waals surface area contributed by atoms with Gasteiger partial charge >= 0.3 is 0 Å². The van der Waals surface area contributed by atoms with Crippen molar-refractivity contribution in [2.24, 2.45) is 5.73 Å². The van der Waals surface area contributed by atoms with E-state index in [0.717, 1.165) is 25.7 Å². The molecule has 0 radical (unpaired) electrons. The van der Waals surface area contributed by atoms with Gasteiger partial charge in [-0.15, -0.1) is 0 Å². The molecule has 0 aromatic heterocycles. The third-order valence-electron chi connectivity index (χ3n) is 2.77. The number of hydrogen-bond acceptors (Lipinski definition) is 2. The second-order valence-corrected chi connectivity index (χ2v) is 5.75. The van der Waals surface area contributed by atoms with Gasteiger partial charge in [0.25, 0.3) is 0 Å². The van der Waals surface area contributed by atoms with Crippen LogP contribution in [0.15, 0.2) is 0 Å². The maximum absolute atomic E-state index is 11.8. The molecule has 0 saturated heterocycles. The van der Waals surface area contributed by atoms with Crippen LogP contribution in [0.2, 0.25) is 0 Å². The second kappa shape index (κ2) is 4.38. The first kappa shape index (κ1) is 10.2. The number of rotatable bonds is 3. The highest BCUT2D eigenvalue weighted by atomic mass is 32.2. The molecule has 1 rings (SSSR count). The highest BCUT2D eigenvalue weighted by molar-refractivity contribution is 7.86. The summed E-state index contributed by atoms with van der Waals surface area (Å²) < 4.78 is 11.8. The standard InChI is InChI=1S/C9H19NOS/c1-3-7(2)12(11)9-6-4-5-8(9)10/h7-9H,3-6,10H2,1-2H3. The monoisotopic (exact) mass is 189 g/mol. The van der Waals surface area contributed by atoms with Gasteiger partial charge in [0.1, 0.15) is 0 Å². The molecule has 0 aliphatic heterocycles. The van der Waals surface area contributed by atoms with Gasteiger partial charge in [-0.1, -0.05) is 20.3 Å². The minimum absolute atomic E-state index is 0.194. The quantitative estimate of drug-likeness (QED) is 0.729. The maximum atomic E-state index is 11.8. The molecule has 72 valence electrons. The molecule has 2 N–H and O–H groups in total. The average Bonchev–Trinajstić information content (AvgIpc) is 2.48. The van der Waals surface area contributed by atoms with Gasteiger partial charge in [0.2, 0.25) is 0 Å². The Morgan fingerprint density at radius 1 is 1.58 bits per heavy atom. The summed E-state index contributed by atoms with van der Waals surface area (Å²) in [6.07, 6.45) is 4.29. The summed E-state index contributed by atoms with van der Waals surface area (Å²) in [5.74, 6) is 0. The van der Waals surface area contributed by atoms with Crippen LogP contribution < -0.4 is 5.73 Å². The summed E-state index contributed by atoms with van der Waals surface area (Å²) >= 11 is 0. The molecule has 12 heavy (non-hydrogen) atoms. The third-order valence-corrected chi connectivity index (χ3v) is 5.08. The molecule has 1 saturated carbocycles. The lowest BCUT2D eigenvalue weighted by Crippen LogP contribution is -2.36. The zero-order valence-electron chi connectivity index (χ0n) is 7.95. The molecule has 0 bridgehead atoms. The van der Waals surface area contributed by atoms with Crippen molar-refractivity contribution in [2.75, 3.05) is 0 Å². The largest absolute Gasteiger partial charge is 0.327 e. The summed E-state index contributed by atoms with van der Waals surface area (Å²) in [7, 11) is -0.695. The van der Waals surface area contributed by atoms with E-state index in [4.69, 9.17) is 5.73 Å². The van der Waals surface area contributed by atoms with Crippen molar-refractivity contribution in [3.8, 4) is 0 Å². The molecular weight excluding hydrogens is 170 g/mol. The van der Waals surface area contributed by atoms with Gasteiger partial charge in [0, 0.05) is 22.1 Å². The van der Waals surface area contributed by atoms with Crippen LogP contribution in [0.3, 0.4) is 0 Å². The van der Waals surface area contributed by atoms with E-state index in [-0.39, 0.29) is 11.3 Å². The summed E-state index contributed by atoms with van der Waals surface area (Å²) in [5, 5.41) is 0.596. The van der Waals surface area contributed by atoms with Crippen molar-refractivity contribution in [1.29, 1.82) is 0 Å². The van der Waals surface area contributed by atoms with Crippen LogP contribution in [0.25, 0.3) is 0 Å². The van der Waals surface area contributed by atoms with Crippen LogP contribution in [-0.2, 0) is 10.8 Å². The van der Waals surface area contributed by atoms with E-state index in [1.807, 2.05) is 0 Å². The Hall–Kier alpha value is 0.110. The Morgan fingerprint density at radius 2 is 2.25 bits per heavy atom. The SMILES string of the molecule is CCC(C)S(=O)C1CCCC1N. The molecule has 2 nitrogen and oxygen atoms in total. The first-order valence-electron chi connectivity index (χ1n) is 4.81. The van der Waals surface area contributed by atoms with Crippen molar-refractivity contribution in [2.45, 2.75) is 56.1 Å². The Bertz CT molecular complexity index is 172. The fourth-order valence-electron chi connectivity index (χ4n) is 1.71. The van der Waals surface area contributed by atoms with E-state index in [1.165, 1.54) is 0 Å². The average molecular weight is 189 g/mol. The Morgan fingerprint density at radius 3 is 2.67 bits per heavy atom. The van der Waals surface area contributed by atoms with Crippen molar-refractivity contribution >= 4 is 10.8 Å². The predicted octanol–water partition coefficient (Wildman–Crippen LogP) is 1.41. The van der Waals surface area contributed by atoms with Crippen molar-refractivity contribution < 1.29 is 4.21 Å². The van der Waals surface area contributed by atoms with Crippen LogP contribution in [0.5, 0.6) is 0 Å². The van der Waals surface area contributed by atoms with Gasteiger partial charge in [-0.25, -0.2) is 0 Å². The molecular formula is C9H19NOS. The lowest BCUT2D eigenvalue weighted by atomic mass is 10.3. The van der Waals surface area contributed by atoms with Crippen molar-refractivity contribution in [3.05, 3.63) is 0 Å². The first-order valence-corrected chi connectivity index (χ1v) is 6.09. The Kier molecular flexibility index (Phi) is 3.72. The molecule has 0 aromatic rings. The smallest absolute Gasteiger partial charge is 0.0501 e. The topological polar surface area (TPSA) is 43.1 Å². The zero-order valence-corrected chi connectivity index (χ0v) is 8.77. The van der Waals surface area contributed by atoms with Crippen LogP contribution in [0, 0.1) is 0 Å². The van der Waals surface area contributed by atoms with Gasteiger partial charge in [0.15, 0.2) is 0 Å². The maximum Gasteiger partial charge on any atom is 0.0501 e. The lowest BCUT2D eigenvalue weighted by molar-refractivity contribution is 0.636. The van der Waals surface area contributed by atoms with Gasteiger partial charge in [-0.05, 0) is 19.3 Å². The van der Waals surface area contributed by atoms with Gasteiger partial charge in [0.05, 0.1) is 5.25 Å². The molecule has 4 atom stereocenters. The third kappa shape index (κ3) is 2.07. The van der Waals surface area contributed by atoms with Crippen LogP contribution in [-0.4, -0.2) is 20.8 Å². The molecule has 0 aromatic carbocycles.